The summed E-state index contributed by atoms with van der Waals surface area (Å²) >= 11 is 0. The lowest BCUT2D eigenvalue weighted by molar-refractivity contribution is -0.144. The number of methoxy groups -OCH3 is 2. The van der Waals surface area contributed by atoms with Crippen molar-refractivity contribution in [3.63, 3.8) is 0 Å². The van der Waals surface area contributed by atoms with E-state index >= 15 is 0 Å². The van der Waals surface area contributed by atoms with Crippen LogP contribution in [0.4, 0.5) is 0 Å². The Morgan fingerprint density at radius 3 is 2.83 bits per heavy atom. The molecule has 0 spiro atoms. The number of fused-ring (bicyclic) bond motifs is 3. The van der Waals surface area contributed by atoms with Gasteiger partial charge in [-0.3, -0.25) is 14.5 Å². The normalized spacial score (nSPS) is 26.0. The number of likely N-dealkylation sites (tertiary alicyclic amines) is 1. The Morgan fingerprint density at radius 2 is 2.17 bits per heavy atom. The monoisotopic (exact) mass is 319 g/mol. The van der Waals surface area contributed by atoms with Crippen molar-refractivity contribution in [2.75, 3.05) is 40.5 Å². The summed E-state index contributed by atoms with van der Waals surface area (Å²) in [5, 5.41) is 0. The number of nitrogens with zero attached hydrogens (tertiary/aromatic N) is 1. The number of hydrogen-bond donors (Lipinski definition) is 0. The predicted octanol–water partition coefficient (Wildman–Crippen LogP) is 1.23. The van der Waals surface area contributed by atoms with E-state index in [-0.39, 0.29) is 24.2 Å². The maximum Gasteiger partial charge on any atom is 0.320 e. The van der Waals surface area contributed by atoms with Crippen LogP contribution in [0.3, 0.4) is 0 Å². The van der Waals surface area contributed by atoms with Gasteiger partial charge in [0.1, 0.15) is 11.4 Å². The first kappa shape index (κ1) is 16.0. The molecule has 1 aromatic carbocycles. The first-order valence-electron chi connectivity index (χ1n) is 7.71. The second-order valence-electron chi connectivity index (χ2n) is 5.90. The zero-order valence-electron chi connectivity index (χ0n) is 13.6. The lowest BCUT2D eigenvalue weighted by Crippen LogP contribution is -2.36. The molecule has 1 aliphatic heterocycles. The van der Waals surface area contributed by atoms with Crippen LogP contribution >= 0.6 is 0 Å². The second kappa shape index (κ2) is 5.94. The van der Waals surface area contributed by atoms with Crippen LogP contribution in [0.5, 0.6) is 5.75 Å². The number of benzene rings is 1. The van der Waals surface area contributed by atoms with Gasteiger partial charge in [0, 0.05) is 25.8 Å². The first-order chi connectivity index (χ1) is 11.1. The Bertz CT molecular complexity index is 644. The minimum absolute atomic E-state index is 0.0482. The molecular weight excluding hydrogens is 298 g/mol. The SMILES string of the molecule is CCOC(=O)CN1CC2C(=O)c3cc(OC)ccc3C2(OC)C1. The van der Waals surface area contributed by atoms with Crippen LogP contribution in [0.25, 0.3) is 0 Å². The molecule has 124 valence electrons. The molecule has 1 aromatic rings. The average Bonchev–Trinajstić information content (AvgIpc) is 3.02. The van der Waals surface area contributed by atoms with Crippen LogP contribution < -0.4 is 4.74 Å². The van der Waals surface area contributed by atoms with Crippen LogP contribution in [0.15, 0.2) is 18.2 Å². The van der Waals surface area contributed by atoms with E-state index in [4.69, 9.17) is 14.2 Å². The van der Waals surface area contributed by atoms with Gasteiger partial charge in [0.25, 0.3) is 0 Å². The molecule has 3 rings (SSSR count). The van der Waals surface area contributed by atoms with Gasteiger partial charge in [0.15, 0.2) is 5.78 Å². The van der Waals surface area contributed by atoms with Crippen LogP contribution in [0, 0.1) is 5.92 Å². The van der Waals surface area contributed by atoms with E-state index in [1.54, 1.807) is 27.2 Å². The Kier molecular flexibility index (Phi) is 4.12. The van der Waals surface area contributed by atoms with Gasteiger partial charge < -0.3 is 14.2 Å². The van der Waals surface area contributed by atoms with Gasteiger partial charge >= 0.3 is 5.97 Å². The Labute approximate surface area is 135 Å². The second-order valence-corrected chi connectivity index (χ2v) is 5.90. The fourth-order valence-corrected chi connectivity index (χ4v) is 3.72. The van der Waals surface area contributed by atoms with Gasteiger partial charge in [0.2, 0.25) is 0 Å². The molecule has 23 heavy (non-hydrogen) atoms. The highest BCUT2D eigenvalue weighted by atomic mass is 16.5. The molecule has 6 heteroatoms. The maximum atomic E-state index is 12.8. The van der Waals surface area contributed by atoms with Gasteiger partial charge in [-0.2, -0.15) is 0 Å². The molecule has 1 saturated heterocycles. The van der Waals surface area contributed by atoms with Crippen molar-refractivity contribution >= 4 is 11.8 Å². The third-order valence-corrected chi connectivity index (χ3v) is 4.75. The minimum Gasteiger partial charge on any atom is -0.497 e. The van der Waals surface area contributed by atoms with Crippen molar-refractivity contribution in [2.45, 2.75) is 12.5 Å². The Balaban J connectivity index is 1.90. The number of esters is 1. The number of rotatable bonds is 5. The number of ketones is 1. The van der Waals surface area contributed by atoms with Crippen LogP contribution in [-0.4, -0.2) is 57.1 Å². The van der Waals surface area contributed by atoms with Crippen molar-refractivity contribution in [2.24, 2.45) is 5.92 Å². The zero-order chi connectivity index (χ0) is 16.6. The molecule has 2 unspecified atom stereocenters. The molecule has 2 aliphatic rings. The predicted molar refractivity (Wildman–Crippen MR) is 82.6 cm³/mol. The van der Waals surface area contributed by atoms with E-state index in [0.717, 1.165) is 5.56 Å². The van der Waals surface area contributed by atoms with Crippen LogP contribution in [0.2, 0.25) is 0 Å². The van der Waals surface area contributed by atoms with E-state index in [9.17, 15) is 9.59 Å². The molecule has 0 saturated carbocycles. The average molecular weight is 319 g/mol. The van der Waals surface area contributed by atoms with E-state index in [1.807, 2.05) is 17.0 Å². The van der Waals surface area contributed by atoms with E-state index in [0.29, 0.717) is 31.0 Å². The van der Waals surface area contributed by atoms with Gasteiger partial charge in [-0.1, -0.05) is 6.07 Å². The molecule has 0 N–H and O–H groups in total. The first-order valence-corrected chi connectivity index (χ1v) is 7.71. The highest BCUT2D eigenvalue weighted by Crippen LogP contribution is 2.49. The Hall–Kier alpha value is -1.92. The summed E-state index contributed by atoms with van der Waals surface area (Å²) in [4.78, 5) is 26.4. The number of carbonyl (C=O) groups excluding carboxylic acids is 2. The summed E-state index contributed by atoms with van der Waals surface area (Å²) < 4.78 is 16.0. The van der Waals surface area contributed by atoms with E-state index < -0.39 is 5.60 Å². The lowest BCUT2D eigenvalue weighted by Gasteiger charge is -2.28. The summed E-state index contributed by atoms with van der Waals surface area (Å²) in [6.45, 7) is 3.29. The highest BCUT2D eigenvalue weighted by Gasteiger charge is 2.58. The summed E-state index contributed by atoms with van der Waals surface area (Å²) in [6.07, 6.45) is 0. The fourth-order valence-electron chi connectivity index (χ4n) is 3.72. The third-order valence-electron chi connectivity index (χ3n) is 4.75. The summed E-state index contributed by atoms with van der Waals surface area (Å²) in [5.74, 6) is 0.129. The minimum atomic E-state index is -0.689. The molecule has 1 aliphatic carbocycles. The van der Waals surface area contributed by atoms with Gasteiger partial charge in [0.05, 0.1) is 26.2 Å². The molecule has 2 atom stereocenters. The van der Waals surface area contributed by atoms with Gasteiger partial charge in [-0.05, 0) is 24.6 Å². The molecule has 0 radical (unpaired) electrons. The maximum absolute atomic E-state index is 12.8. The summed E-state index contributed by atoms with van der Waals surface area (Å²) in [5.41, 5.74) is 0.847. The van der Waals surface area contributed by atoms with Gasteiger partial charge in [-0.25, -0.2) is 0 Å². The molecule has 1 fully saturated rings. The molecule has 6 nitrogen and oxygen atoms in total. The standard InChI is InChI=1S/C17H21NO5/c1-4-23-15(19)9-18-8-14-16(20)12-7-11(21-2)5-6-13(12)17(14,10-18)22-3/h5-7,14H,4,8-10H2,1-3H3. The van der Waals surface area contributed by atoms with Gasteiger partial charge in [-0.15, -0.1) is 0 Å². The number of ether oxygens (including phenoxy) is 3. The van der Waals surface area contributed by atoms with Crippen molar-refractivity contribution < 1.29 is 23.8 Å². The van der Waals surface area contributed by atoms with Crippen LogP contribution in [-0.2, 0) is 19.9 Å². The molecule has 0 bridgehead atoms. The van der Waals surface area contributed by atoms with E-state index in [1.165, 1.54) is 0 Å². The molecular formula is C17H21NO5. The Morgan fingerprint density at radius 1 is 1.39 bits per heavy atom. The van der Waals surface area contributed by atoms with Crippen molar-refractivity contribution in [3.05, 3.63) is 29.3 Å². The largest absolute Gasteiger partial charge is 0.497 e. The van der Waals surface area contributed by atoms with Crippen LogP contribution in [0.1, 0.15) is 22.8 Å². The van der Waals surface area contributed by atoms with E-state index in [2.05, 4.69) is 0 Å². The number of Topliss-reactive ketones (excluding diaryl/α,β-unsaturated/α-hetero) is 1. The zero-order valence-corrected chi connectivity index (χ0v) is 13.6. The molecule has 0 amide bonds. The fraction of sp³-hybridized carbons (Fsp3) is 0.529. The van der Waals surface area contributed by atoms with Crippen molar-refractivity contribution in [1.82, 2.24) is 4.90 Å². The summed E-state index contributed by atoms with van der Waals surface area (Å²) in [7, 11) is 3.20. The third kappa shape index (κ3) is 2.42. The van der Waals surface area contributed by atoms with Crippen molar-refractivity contribution in [1.29, 1.82) is 0 Å². The summed E-state index contributed by atoms with van der Waals surface area (Å²) in [6, 6.07) is 5.50. The lowest BCUT2D eigenvalue weighted by atomic mass is 9.90. The molecule has 0 aromatic heterocycles. The quantitative estimate of drug-likeness (QED) is 0.761. The topological polar surface area (TPSA) is 65.1 Å². The smallest absolute Gasteiger partial charge is 0.320 e. The number of hydrogen-bond acceptors (Lipinski definition) is 6. The number of carbonyl (C=O) groups is 2. The highest BCUT2D eigenvalue weighted by molar-refractivity contribution is 6.04. The van der Waals surface area contributed by atoms with Crippen molar-refractivity contribution in [3.8, 4) is 5.75 Å². The molecule has 1 heterocycles.